The Balaban J connectivity index is 1.67. The number of hydrogen-bond donors (Lipinski definition) is 3. The van der Waals surface area contributed by atoms with Crippen LogP contribution in [-0.4, -0.2) is 39.5 Å². The number of imidazole rings is 1. The van der Waals surface area contributed by atoms with E-state index in [4.69, 9.17) is 10.5 Å². The summed E-state index contributed by atoms with van der Waals surface area (Å²) in [5.74, 6) is -2.04. The number of methoxy groups -OCH3 is 1. The lowest BCUT2D eigenvalue weighted by molar-refractivity contribution is 0.0915. The van der Waals surface area contributed by atoms with E-state index < -0.39 is 17.2 Å². The molecule has 36 heavy (non-hydrogen) atoms. The number of ether oxygens (including phenoxy) is 1. The molecule has 0 aliphatic heterocycles. The van der Waals surface area contributed by atoms with Gasteiger partial charge in [0.1, 0.15) is 0 Å². The molecule has 0 atom stereocenters. The van der Waals surface area contributed by atoms with Gasteiger partial charge in [0.05, 0.1) is 19.0 Å². The molecule has 2 aromatic carbocycles. The number of amides is 1. The van der Waals surface area contributed by atoms with E-state index in [0.717, 1.165) is 5.56 Å². The largest absolute Gasteiger partial charge is 0.494 e. The second kappa shape index (κ2) is 9.90. The number of fused-ring (bicyclic) bond motifs is 1. The predicted molar refractivity (Wildman–Crippen MR) is 135 cm³/mol. The van der Waals surface area contributed by atoms with E-state index >= 15 is 0 Å². The number of nitrogens with zero attached hydrogens (tertiary/aromatic N) is 3. The zero-order valence-electron chi connectivity index (χ0n) is 20.5. The first-order chi connectivity index (χ1) is 17.2. The molecular weight excluding hydrogens is 466 g/mol. The maximum Gasteiger partial charge on any atom is 0.252 e. The van der Waals surface area contributed by atoms with Crippen molar-refractivity contribution in [3.8, 4) is 17.0 Å². The van der Waals surface area contributed by atoms with Crippen molar-refractivity contribution in [2.45, 2.75) is 32.7 Å². The normalized spacial score (nSPS) is 11.5. The molecule has 2 aromatic heterocycles. The summed E-state index contributed by atoms with van der Waals surface area (Å²) < 4.78 is 35.5. The molecule has 0 fully saturated rings. The molecule has 0 aliphatic carbocycles. The molecule has 0 saturated carbocycles. The van der Waals surface area contributed by atoms with Gasteiger partial charge in [-0.05, 0) is 56.2 Å². The number of aryl methyl sites for hydroxylation is 1. The van der Waals surface area contributed by atoms with Gasteiger partial charge in [-0.1, -0.05) is 6.92 Å². The van der Waals surface area contributed by atoms with Crippen LogP contribution in [0.3, 0.4) is 0 Å². The standard InChI is InChI=1S/C26H28F2N6O2/c1-5-15-12-16(6-7-17(15)25(35)33-26(2,3)14-29)32-23-24-31-13-19(34(24)11-10-30-23)18-8-9-20(36-4)22(28)21(18)27/h6-13H,5,14,29H2,1-4H3,(H,30,32)(H,33,35). The third-order valence-electron chi connectivity index (χ3n) is 5.93. The minimum absolute atomic E-state index is 0.0435. The van der Waals surface area contributed by atoms with Crippen LogP contribution in [0, 0.1) is 11.6 Å². The number of nitrogens with one attached hydrogen (secondary N) is 2. The number of rotatable bonds is 8. The van der Waals surface area contributed by atoms with E-state index in [2.05, 4.69) is 20.6 Å². The highest BCUT2D eigenvalue weighted by Crippen LogP contribution is 2.31. The predicted octanol–water partition coefficient (Wildman–Crippen LogP) is 4.46. The van der Waals surface area contributed by atoms with Crippen LogP contribution in [-0.2, 0) is 6.42 Å². The Kier molecular flexibility index (Phi) is 6.89. The minimum atomic E-state index is -1.07. The Bertz CT molecular complexity index is 1430. The van der Waals surface area contributed by atoms with Crippen molar-refractivity contribution >= 4 is 23.1 Å². The fraction of sp³-hybridized carbons (Fsp3) is 0.269. The summed E-state index contributed by atoms with van der Waals surface area (Å²) in [6, 6.07) is 8.20. The zero-order chi connectivity index (χ0) is 26.0. The Morgan fingerprint density at radius 2 is 1.94 bits per heavy atom. The highest BCUT2D eigenvalue weighted by Gasteiger charge is 2.22. The number of carbonyl (C=O) groups excluding carboxylic acids is 1. The van der Waals surface area contributed by atoms with Gasteiger partial charge in [0.2, 0.25) is 5.82 Å². The molecule has 0 bridgehead atoms. The second-order valence-electron chi connectivity index (χ2n) is 8.95. The van der Waals surface area contributed by atoms with Crippen molar-refractivity contribution in [1.82, 2.24) is 19.7 Å². The van der Waals surface area contributed by atoms with Gasteiger partial charge in [-0.15, -0.1) is 0 Å². The van der Waals surface area contributed by atoms with E-state index in [0.29, 0.717) is 41.4 Å². The van der Waals surface area contributed by atoms with Crippen LogP contribution in [0.25, 0.3) is 16.9 Å². The summed E-state index contributed by atoms with van der Waals surface area (Å²) >= 11 is 0. The summed E-state index contributed by atoms with van der Waals surface area (Å²) in [7, 11) is 1.28. The quantitative estimate of drug-likeness (QED) is 0.334. The second-order valence-corrected chi connectivity index (χ2v) is 8.95. The monoisotopic (exact) mass is 494 g/mol. The lowest BCUT2D eigenvalue weighted by Gasteiger charge is -2.25. The van der Waals surface area contributed by atoms with Gasteiger partial charge in [0.15, 0.2) is 23.0 Å². The lowest BCUT2D eigenvalue weighted by Crippen LogP contribution is -2.49. The Morgan fingerprint density at radius 3 is 2.64 bits per heavy atom. The molecule has 8 nitrogen and oxygen atoms in total. The third-order valence-corrected chi connectivity index (χ3v) is 5.93. The molecule has 0 saturated heterocycles. The lowest BCUT2D eigenvalue weighted by atomic mass is 10.0. The number of halogens is 2. The van der Waals surface area contributed by atoms with Gasteiger partial charge < -0.3 is 21.1 Å². The Hall–Kier alpha value is -4.05. The minimum Gasteiger partial charge on any atom is -0.494 e. The fourth-order valence-electron chi connectivity index (χ4n) is 3.84. The highest BCUT2D eigenvalue weighted by molar-refractivity contribution is 5.96. The molecule has 0 radical (unpaired) electrons. The molecule has 1 amide bonds. The van der Waals surface area contributed by atoms with Crippen molar-refractivity contribution in [2.24, 2.45) is 5.73 Å². The number of aromatic nitrogens is 3. The maximum absolute atomic E-state index is 14.7. The van der Waals surface area contributed by atoms with E-state index in [-0.39, 0.29) is 17.2 Å². The van der Waals surface area contributed by atoms with Crippen LogP contribution < -0.4 is 21.1 Å². The van der Waals surface area contributed by atoms with Gasteiger partial charge in [-0.25, -0.2) is 14.4 Å². The maximum atomic E-state index is 14.7. The molecule has 0 spiro atoms. The molecule has 4 rings (SSSR count). The SMILES string of the molecule is CCc1cc(Nc2nccn3c(-c4ccc(OC)c(F)c4F)cnc23)ccc1C(=O)NC(C)(C)CN. The van der Waals surface area contributed by atoms with Crippen molar-refractivity contribution in [1.29, 1.82) is 0 Å². The van der Waals surface area contributed by atoms with E-state index in [1.54, 1.807) is 22.7 Å². The van der Waals surface area contributed by atoms with Crippen molar-refractivity contribution < 1.29 is 18.3 Å². The van der Waals surface area contributed by atoms with Crippen LogP contribution in [0.4, 0.5) is 20.3 Å². The first-order valence-electron chi connectivity index (χ1n) is 11.5. The molecule has 4 aromatic rings. The van der Waals surface area contributed by atoms with Crippen molar-refractivity contribution in [3.63, 3.8) is 0 Å². The summed E-state index contributed by atoms with van der Waals surface area (Å²) in [5, 5.41) is 6.17. The van der Waals surface area contributed by atoms with Gasteiger partial charge >= 0.3 is 0 Å². The fourth-order valence-corrected chi connectivity index (χ4v) is 3.84. The molecule has 10 heteroatoms. The van der Waals surface area contributed by atoms with Crippen LogP contribution in [0.1, 0.15) is 36.7 Å². The molecule has 4 N–H and O–H groups in total. The molecule has 0 unspecified atom stereocenters. The smallest absolute Gasteiger partial charge is 0.252 e. The highest BCUT2D eigenvalue weighted by atomic mass is 19.2. The van der Waals surface area contributed by atoms with Gasteiger partial charge in [0, 0.05) is 41.3 Å². The molecule has 0 aliphatic rings. The van der Waals surface area contributed by atoms with Crippen molar-refractivity contribution in [2.75, 3.05) is 19.0 Å². The average Bonchev–Trinajstić information content (AvgIpc) is 3.30. The van der Waals surface area contributed by atoms with Crippen molar-refractivity contribution in [3.05, 3.63) is 71.7 Å². The molecule has 188 valence electrons. The summed E-state index contributed by atoms with van der Waals surface area (Å²) in [4.78, 5) is 21.6. The number of anilines is 2. The van der Waals surface area contributed by atoms with Crippen LogP contribution in [0.2, 0.25) is 0 Å². The van der Waals surface area contributed by atoms with Gasteiger partial charge in [-0.2, -0.15) is 4.39 Å². The molecule has 2 heterocycles. The van der Waals surface area contributed by atoms with E-state index in [1.165, 1.54) is 31.6 Å². The zero-order valence-corrected chi connectivity index (χ0v) is 20.5. The Labute approximate surface area is 207 Å². The Morgan fingerprint density at radius 1 is 1.17 bits per heavy atom. The van der Waals surface area contributed by atoms with Crippen LogP contribution >= 0.6 is 0 Å². The first kappa shape index (κ1) is 25.1. The number of carbonyl (C=O) groups is 1. The van der Waals surface area contributed by atoms with Crippen LogP contribution in [0.5, 0.6) is 5.75 Å². The van der Waals surface area contributed by atoms with Gasteiger partial charge in [-0.3, -0.25) is 9.20 Å². The summed E-state index contributed by atoms with van der Waals surface area (Å²) in [6.45, 7) is 6.01. The molecular formula is C26H28F2N6O2. The van der Waals surface area contributed by atoms with Gasteiger partial charge in [0.25, 0.3) is 5.91 Å². The number of benzene rings is 2. The topological polar surface area (TPSA) is 107 Å². The van der Waals surface area contributed by atoms with E-state index in [1.807, 2.05) is 26.8 Å². The average molecular weight is 495 g/mol. The van der Waals surface area contributed by atoms with Crippen LogP contribution in [0.15, 0.2) is 48.9 Å². The number of nitrogens with two attached hydrogens (primary N) is 1. The van der Waals surface area contributed by atoms with E-state index in [9.17, 15) is 13.6 Å². The summed E-state index contributed by atoms with van der Waals surface area (Å²) in [5.41, 5.74) is 8.16. The summed E-state index contributed by atoms with van der Waals surface area (Å²) in [6.07, 6.45) is 5.25. The third kappa shape index (κ3) is 4.72. The first-order valence-corrected chi connectivity index (χ1v) is 11.5. The number of hydrogen-bond acceptors (Lipinski definition) is 6.